The molecule has 2 heterocycles. The van der Waals surface area contributed by atoms with Crippen LogP contribution >= 0.6 is 0 Å². The van der Waals surface area contributed by atoms with Crippen molar-refractivity contribution in [3.63, 3.8) is 0 Å². The van der Waals surface area contributed by atoms with Gasteiger partial charge in [0.25, 0.3) is 0 Å². The van der Waals surface area contributed by atoms with Crippen LogP contribution in [0.5, 0.6) is 0 Å². The number of methoxy groups -OCH3 is 1. The lowest BCUT2D eigenvalue weighted by Gasteiger charge is -2.22. The molecule has 2 unspecified atom stereocenters. The maximum Gasteiger partial charge on any atom is 0.162 e. The molecule has 5 heteroatoms. The molecule has 0 aromatic carbocycles. The van der Waals surface area contributed by atoms with E-state index in [0.29, 0.717) is 0 Å². The fraction of sp³-hybridized carbons (Fsp3) is 0.778. The van der Waals surface area contributed by atoms with E-state index in [0.717, 1.165) is 24.7 Å². The van der Waals surface area contributed by atoms with E-state index in [9.17, 15) is 0 Å². The highest BCUT2D eigenvalue weighted by Gasteiger charge is 2.23. The van der Waals surface area contributed by atoms with Crippen molar-refractivity contribution in [3.05, 3.63) is 11.6 Å². The van der Waals surface area contributed by atoms with Gasteiger partial charge in [-0.05, 0) is 13.8 Å². The van der Waals surface area contributed by atoms with Gasteiger partial charge in [0.15, 0.2) is 5.82 Å². The maximum atomic E-state index is 5.25. The van der Waals surface area contributed by atoms with E-state index in [1.54, 1.807) is 7.11 Å². The number of aromatic nitrogens is 3. The first-order chi connectivity index (χ1) is 6.74. The predicted molar refractivity (Wildman–Crippen MR) is 51.9 cm³/mol. The van der Waals surface area contributed by atoms with Gasteiger partial charge in [0, 0.05) is 20.2 Å². The van der Waals surface area contributed by atoms with E-state index in [4.69, 9.17) is 4.74 Å². The smallest absolute Gasteiger partial charge is 0.162 e. The Morgan fingerprint density at radius 3 is 3.07 bits per heavy atom. The molecule has 1 aromatic heterocycles. The second-order valence-corrected chi connectivity index (χ2v) is 3.62. The first-order valence-electron chi connectivity index (χ1n) is 4.93. The molecule has 0 saturated carbocycles. The summed E-state index contributed by atoms with van der Waals surface area (Å²) >= 11 is 0. The molecular weight excluding hydrogens is 180 g/mol. The van der Waals surface area contributed by atoms with E-state index < -0.39 is 0 Å². The van der Waals surface area contributed by atoms with Gasteiger partial charge in [0.05, 0.1) is 6.04 Å². The summed E-state index contributed by atoms with van der Waals surface area (Å²) in [6.07, 6.45) is 0.0153. The summed E-state index contributed by atoms with van der Waals surface area (Å²) in [6.45, 7) is 5.98. The van der Waals surface area contributed by atoms with Crippen LogP contribution in [0.25, 0.3) is 0 Å². The zero-order valence-electron chi connectivity index (χ0n) is 8.82. The molecule has 0 spiro atoms. The van der Waals surface area contributed by atoms with Crippen LogP contribution in [0.4, 0.5) is 0 Å². The Balaban J connectivity index is 2.35. The van der Waals surface area contributed by atoms with Gasteiger partial charge in [0.1, 0.15) is 11.9 Å². The van der Waals surface area contributed by atoms with Gasteiger partial charge >= 0.3 is 0 Å². The van der Waals surface area contributed by atoms with Crippen LogP contribution in [0.1, 0.15) is 37.6 Å². The summed E-state index contributed by atoms with van der Waals surface area (Å²) in [5, 5.41) is 11.7. The summed E-state index contributed by atoms with van der Waals surface area (Å²) in [6, 6.07) is 0.286. The standard InChI is InChI=1S/C9H16N4O/c1-6-8-11-12-9(7(2)14-3)13(8)5-4-10-6/h6-7,10H,4-5H2,1-3H3. The number of hydrogen-bond acceptors (Lipinski definition) is 4. The molecule has 0 bridgehead atoms. The topological polar surface area (TPSA) is 52.0 Å². The van der Waals surface area contributed by atoms with Crippen LogP contribution in [0.15, 0.2) is 0 Å². The Kier molecular flexibility index (Phi) is 2.52. The van der Waals surface area contributed by atoms with E-state index in [2.05, 4.69) is 27.0 Å². The Bertz CT molecular complexity index is 323. The highest BCUT2D eigenvalue weighted by atomic mass is 16.5. The molecule has 5 nitrogen and oxygen atoms in total. The van der Waals surface area contributed by atoms with Crippen LogP contribution in [0.3, 0.4) is 0 Å². The maximum absolute atomic E-state index is 5.25. The van der Waals surface area contributed by atoms with E-state index in [-0.39, 0.29) is 12.1 Å². The lowest BCUT2D eigenvalue weighted by molar-refractivity contribution is 0.107. The minimum Gasteiger partial charge on any atom is -0.374 e. The molecule has 2 atom stereocenters. The highest BCUT2D eigenvalue weighted by molar-refractivity contribution is 5.04. The minimum atomic E-state index is 0.0153. The molecule has 78 valence electrons. The Morgan fingerprint density at radius 1 is 1.57 bits per heavy atom. The lowest BCUT2D eigenvalue weighted by atomic mass is 10.2. The Morgan fingerprint density at radius 2 is 2.36 bits per heavy atom. The van der Waals surface area contributed by atoms with Gasteiger partial charge in [-0.2, -0.15) is 0 Å². The molecule has 0 fully saturated rings. The first kappa shape index (κ1) is 9.61. The third kappa shape index (κ3) is 1.42. The van der Waals surface area contributed by atoms with Crippen molar-refractivity contribution in [2.75, 3.05) is 13.7 Å². The normalized spacial score (nSPS) is 23.2. The van der Waals surface area contributed by atoms with Crippen molar-refractivity contribution >= 4 is 0 Å². The second kappa shape index (κ2) is 3.67. The molecule has 0 radical (unpaired) electrons. The zero-order chi connectivity index (χ0) is 10.1. The van der Waals surface area contributed by atoms with Crippen LogP contribution < -0.4 is 5.32 Å². The van der Waals surface area contributed by atoms with Gasteiger partial charge in [-0.1, -0.05) is 0 Å². The number of fused-ring (bicyclic) bond motifs is 1. The van der Waals surface area contributed by atoms with Crippen molar-refractivity contribution in [2.24, 2.45) is 0 Å². The number of nitrogens with zero attached hydrogens (tertiary/aromatic N) is 3. The summed E-state index contributed by atoms with van der Waals surface area (Å²) in [7, 11) is 1.69. The summed E-state index contributed by atoms with van der Waals surface area (Å²) in [5.74, 6) is 1.94. The third-order valence-corrected chi connectivity index (χ3v) is 2.70. The van der Waals surface area contributed by atoms with Crippen molar-refractivity contribution in [3.8, 4) is 0 Å². The third-order valence-electron chi connectivity index (χ3n) is 2.70. The SMILES string of the molecule is COC(C)c1nnc2n1CCNC2C. The van der Waals surface area contributed by atoms with Gasteiger partial charge in [-0.15, -0.1) is 10.2 Å². The second-order valence-electron chi connectivity index (χ2n) is 3.62. The van der Waals surface area contributed by atoms with Crippen LogP contribution in [0.2, 0.25) is 0 Å². The Hall–Kier alpha value is -0.940. The molecule has 1 aliphatic rings. The van der Waals surface area contributed by atoms with Crippen molar-refractivity contribution in [1.29, 1.82) is 0 Å². The minimum absolute atomic E-state index is 0.0153. The molecule has 0 aliphatic carbocycles. The fourth-order valence-corrected chi connectivity index (χ4v) is 1.77. The van der Waals surface area contributed by atoms with Crippen LogP contribution in [-0.4, -0.2) is 28.4 Å². The van der Waals surface area contributed by atoms with Gasteiger partial charge in [-0.3, -0.25) is 0 Å². The van der Waals surface area contributed by atoms with Crippen LogP contribution in [0, 0.1) is 0 Å². The van der Waals surface area contributed by atoms with E-state index in [1.807, 2.05) is 6.92 Å². The van der Waals surface area contributed by atoms with Gasteiger partial charge in [-0.25, -0.2) is 0 Å². The summed E-state index contributed by atoms with van der Waals surface area (Å²) < 4.78 is 7.40. The first-order valence-corrected chi connectivity index (χ1v) is 4.93. The van der Waals surface area contributed by atoms with E-state index >= 15 is 0 Å². The predicted octanol–water partition coefficient (Wildman–Crippen LogP) is 0.650. The van der Waals surface area contributed by atoms with Crippen molar-refractivity contribution in [1.82, 2.24) is 20.1 Å². The summed E-state index contributed by atoms with van der Waals surface area (Å²) in [5.41, 5.74) is 0. The Labute approximate surface area is 83.5 Å². The highest BCUT2D eigenvalue weighted by Crippen LogP contribution is 2.20. The van der Waals surface area contributed by atoms with E-state index in [1.165, 1.54) is 0 Å². The molecule has 0 saturated heterocycles. The average Bonchev–Trinajstić information content (AvgIpc) is 2.62. The number of hydrogen-bond donors (Lipinski definition) is 1. The largest absolute Gasteiger partial charge is 0.374 e. The molecule has 1 aliphatic heterocycles. The van der Waals surface area contributed by atoms with Crippen LogP contribution in [-0.2, 0) is 11.3 Å². The van der Waals surface area contributed by atoms with Crippen molar-refractivity contribution < 1.29 is 4.74 Å². The zero-order valence-corrected chi connectivity index (χ0v) is 8.82. The number of rotatable bonds is 2. The fourth-order valence-electron chi connectivity index (χ4n) is 1.77. The summed E-state index contributed by atoms with van der Waals surface area (Å²) in [4.78, 5) is 0. The molecular formula is C9H16N4O. The average molecular weight is 196 g/mol. The number of ether oxygens (including phenoxy) is 1. The quantitative estimate of drug-likeness (QED) is 0.754. The number of nitrogens with one attached hydrogen (secondary N) is 1. The molecule has 0 amide bonds. The molecule has 1 aromatic rings. The van der Waals surface area contributed by atoms with Crippen molar-refractivity contribution in [2.45, 2.75) is 32.5 Å². The molecule has 14 heavy (non-hydrogen) atoms. The molecule has 1 N–H and O–H groups in total. The van der Waals surface area contributed by atoms with Gasteiger partial charge in [0.2, 0.25) is 0 Å². The monoisotopic (exact) mass is 196 g/mol. The van der Waals surface area contributed by atoms with Gasteiger partial charge < -0.3 is 14.6 Å². The molecule has 2 rings (SSSR count). The lowest BCUT2D eigenvalue weighted by Crippen LogP contribution is -2.32.